The Hall–Kier alpha value is -3.00. The van der Waals surface area contributed by atoms with E-state index in [1.54, 1.807) is 4.68 Å². The molecule has 8 nitrogen and oxygen atoms in total. The van der Waals surface area contributed by atoms with E-state index in [0.29, 0.717) is 29.2 Å². The average molecular weight is 451 g/mol. The summed E-state index contributed by atoms with van der Waals surface area (Å²) in [5.41, 5.74) is 2.54. The number of benzene rings is 1. The van der Waals surface area contributed by atoms with Crippen LogP contribution < -0.4 is 10.9 Å². The van der Waals surface area contributed by atoms with Gasteiger partial charge in [0.15, 0.2) is 0 Å². The summed E-state index contributed by atoms with van der Waals surface area (Å²) in [6.45, 7) is 8.71. The number of rotatable bonds is 7. The van der Waals surface area contributed by atoms with Crippen molar-refractivity contribution in [2.45, 2.75) is 65.5 Å². The molecular formula is C25H34N6O2. The van der Waals surface area contributed by atoms with Gasteiger partial charge in [-0.15, -0.1) is 0 Å². The summed E-state index contributed by atoms with van der Waals surface area (Å²) < 4.78 is 3.02. The van der Waals surface area contributed by atoms with Crippen LogP contribution in [0.4, 0.5) is 0 Å². The van der Waals surface area contributed by atoms with E-state index in [1.165, 1.54) is 30.4 Å². The molecule has 2 aromatic heterocycles. The van der Waals surface area contributed by atoms with E-state index in [0.717, 1.165) is 30.9 Å². The highest BCUT2D eigenvalue weighted by Crippen LogP contribution is 2.19. The van der Waals surface area contributed by atoms with Crippen LogP contribution in [0.5, 0.6) is 0 Å². The lowest BCUT2D eigenvalue weighted by Crippen LogP contribution is -2.38. The van der Waals surface area contributed by atoms with Gasteiger partial charge >= 0.3 is 0 Å². The highest BCUT2D eigenvalue weighted by Gasteiger charge is 2.19. The quantitative estimate of drug-likeness (QED) is 0.598. The molecule has 1 N–H and O–H groups in total. The Morgan fingerprint density at radius 3 is 2.45 bits per heavy atom. The predicted molar refractivity (Wildman–Crippen MR) is 130 cm³/mol. The molecule has 0 aliphatic carbocycles. The molecule has 8 heteroatoms. The van der Waals surface area contributed by atoms with Crippen molar-refractivity contribution in [3.63, 3.8) is 0 Å². The van der Waals surface area contributed by atoms with Gasteiger partial charge in [-0.3, -0.25) is 9.59 Å². The fraction of sp³-hybridized carbons (Fsp3) is 0.520. The smallest absolute Gasteiger partial charge is 0.278 e. The Kier molecular flexibility index (Phi) is 7.23. The molecular weight excluding hydrogens is 416 g/mol. The van der Waals surface area contributed by atoms with Crippen LogP contribution in [0.2, 0.25) is 0 Å². The minimum absolute atomic E-state index is 0.0936. The molecule has 1 aliphatic heterocycles. The zero-order valence-electron chi connectivity index (χ0n) is 19.9. The zero-order chi connectivity index (χ0) is 23.4. The largest absolute Gasteiger partial charge is 0.354 e. The minimum atomic E-state index is -0.289. The standard InChI is InChI=1S/C25H34N6O2/c1-18(29-15-9-4-5-10-16-29)13-14-26-22(32)17-30-25(33)23-20(3)31(21-11-7-6-8-12-21)28-24(23)19(2)27-30/h6-8,11-12,18H,4-5,9-10,13-17H2,1-3H3,(H,26,32). The fourth-order valence-electron chi connectivity index (χ4n) is 4.67. The van der Waals surface area contributed by atoms with Crippen molar-refractivity contribution in [2.75, 3.05) is 19.6 Å². The lowest BCUT2D eigenvalue weighted by atomic mass is 10.2. The van der Waals surface area contributed by atoms with Crippen LogP contribution in [0.1, 0.15) is 50.4 Å². The van der Waals surface area contributed by atoms with E-state index in [2.05, 4.69) is 27.3 Å². The molecule has 1 unspecified atom stereocenters. The first-order valence-electron chi connectivity index (χ1n) is 12.0. The van der Waals surface area contributed by atoms with Crippen molar-refractivity contribution in [1.29, 1.82) is 0 Å². The third-order valence-corrected chi connectivity index (χ3v) is 6.62. The van der Waals surface area contributed by atoms with Crippen molar-refractivity contribution >= 4 is 16.8 Å². The van der Waals surface area contributed by atoms with Gasteiger partial charge in [-0.1, -0.05) is 31.0 Å². The Morgan fingerprint density at radius 1 is 1.06 bits per heavy atom. The summed E-state index contributed by atoms with van der Waals surface area (Å²) in [6, 6.07) is 10.1. The van der Waals surface area contributed by atoms with Gasteiger partial charge in [0.25, 0.3) is 5.56 Å². The molecule has 0 saturated carbocycles. The number of likely N-dealkylation sites (tertiary alicyclic amines) is 1. The Labute approximate surface area is 194 Å². The topological polar surface area (TPSA) is 85.0 Å². The van der Waals surface area contributed by atoms with E-state index in [1.807, 2.05) is 44.2 Å². The van der Waals surface area contributed by atoms with E-state index in [-0.39, 0.29) is 18.0 Å². The maximum absolute atomic E-state index is 13.2. The Morgan fingerprint density at radius 2 is 1.76 bits per heavy atom. The van der Waals surface area contributed by atoms with Gasteiger partial charge in [0.1, 0.15) is 12.1 Å². The lowest BCUT2D eigenvalue weighted by molar-refractivity contribution is -0.121. The first-order valence-corrected chi connectivity index (χ1v) is 12.0. The second-order valence-corrected chi connectivity index (χ2v) is 9.04. The summed E-state index contributed by atoms with van der Waals surface area (Å²) in [5.74, 6) is -0.195. The third-order valence-electron chi connectivity index (χ3n) is 6.62. The molecule has 1 saturated heterocycles. The number of aryl methyl sites for hydroxylation is 2. The molecule has 1 aliphatic rings. The molecule has 176 valence electrons. The van der Waals surface area contributed by atoms with Crippen LogP contribution in [-0.2, 0) is 11.3 Å². The molecule has 0 radical (unpaired) electrons. The number of nitrogens with zero attached hydrogens (tertiary/aromatic N) is 5. The molecule has 3 aromatic rings. The van der Waals surface area contributed by atoms with Gasteiger partial charge in [0.05, 0.1) is 22.5 Å². The van der Waals surface area contributed by atoms with Gasteiger partial charge in [0.2, 0.25) is 5.91 Å². The van der Waals surface area contributed by atoms with Crippen molar-refractivity contribution in [2.24, 2.45) is 0 Å². The monoisotopic (exact) mass is 450 g/mol. The lowest BCUT2D eigenvalue weighted by Gasteiger charge is -2.27. The number of fused-ring (bicyclic) bond motifs is 1. The minimum Gasteiger partial charge on any atom is -0.354 e. The maximum Gasteiger partial charge on any atom is 0.278 e. The van der Waals surface area contributed by atoms with Crippen molar-refractivity contribution in [3.05, 3.63) is 52.1 Å². The van der Waals surface area contributed by atoms with Gasteiger partial charge in [0, 0.05) is 12.6 Å². The van der Waals surface area contributed by atoms with Gasteiger partial charge < -0.3 is 10.2 Å². The number of carbonyl (C=O) groups excluding carboxylic acids is 1. The van der Waals surface area contributed by atoms with Gasteiger partial charge in [-0.05, 0) is 65.3 Å². The molecule has 1 aromatic carbocycles. The van der Waals surface area contributed by atoms with E-state index >= 15 is 0 Å². The van der Waals surface area contributed by atoms with Crippen LogP contribution in [-0.4, -0.2) is 56.0 Å². The molecule has 1 amide bonds. The van der Waals surface area contributed by atoms with Crippen LogP contribution in [0.3, 0.4) is 0 Å². The highest BCUT2D eigenvalue weighted by molar-refractivity contribution is 5.83. The second-order valence-electron chi connectivity index (χ2n) is 9.04. The molecule has 4 rings (SSSR count). The number of aromatic nitrogens is 4. The van der Waals surface area contributed by atoms with Crippen LogP contribution in [0.15, 0.2) is 35.1 Å². The highest BCUT2D eigenvalue weighted by atomic mass is 16.2. The summed E-state index contributed by atoms with van der Waals surface area (Å²) in [5, 5.41) is 12.5. The number of amides is 1. The van der Waals surface area contributed by atoms with Gasteiger partial charge in [-0.2, -0.15) is 10.2 Å². The molecule has 0 spiro atoms. The average Bonchev–Trinajstić information content (AvgIpc) is 2.98. The molecule has 1 fully saturated rings. The number of para-hydroxylation sites is 1. The maximum atomic E-state index is 13.2. The van der Waals surface area contributed by atoms with Crippen LogP contribution in [0.25, 0.3) is 16.6 Å². The fourth-order valence-corrected chi connectivity index (χ4v) is 4.67. The first kappa shape index (κ1) is 23.2. The van der Waals surface area contributed by atoms with Crippen molar-refractivity contribution in [3.8, 4) is 5.69 Å². The summed E-state index contributed by atoms with van der Waals surface area (Å²) in [7, 11) is 0. The zero-order valence-corrected chi connectivity index (χ0v) is 19.9. The SMILES string of the molecule is Cc1nn(CC(=O)NCCC(C)N2CCCCCC2)c(=O)c2c(C)n(-c3ccccc3)nc12. The number of carbonyl (C=O) groups is 1. The first-order chi connectivity index (χ1) is 16.0. The van der Waals surface area contributed by atoms with Crippen molar-refractivity contribution in [1.82, 2.24) is 29.8 Å². The van der Waals surface area contributed by atoms with Crippen LogP contribution in [0, 0.1) is 13.8 Å². The predicted octanol–water partition coefficient (Wildman–Crippen LogP) is 2.97. The van der Waals surface area contributed by atoms with Crippen molar-refractivity contribution < 1.29 is 4.79 Å². The van der Waals surface area contributed by atoms with E-state index in [9.17, 15) is 9.59 Å². The summed E-state index contributed by atoms with van der Waals surface area (Å²) in [6.07, 6.45) is 6.04. The van der Waals surface area contributed by atoms with Gasteiger partial charge in [-0.25, -0.2) is 9.36 Å². The Bertz CT molecular complexity index is 1160. The third kappa shape index (κ3) is 5.16. The summed E-state index contributed by atoms with van der Waals surface area (Å²) >= 11 is 0. The number of hydrogen-bond donors (Lipinski definition) is 1. The second kappa shape index (κ2) is 10.3. The Balaban J connectivity index is 1.44. The molecule has 33 heavy (non-hydrogen) atoms. The van der Waals surface area contributed by atoms with Crippen LogP contribution >= 0.6 is 0 Å². The molecule has 0 bridgehead atoms. The normalized spacial score (nSPS) is 16.0. The summed E-state index contributed by atoms with van der Waals surface area (Å²) in [4.78, 5) is 28.3. The van der Waals surface area contributed by atoms with E-state index < -0.39 is 0 Å². The number of hydrogen-bond acceptors (Lipinski definition) is 5. The molecule has 1 atom stereocenters. The molecule has 3 heterocycles. The number of nitrogens with one attached hydrogen (secondary N) is 1. The van der Waals surface area contributed by atoms with E-state index in [4.69, 9.17) is 0 Å².